The number of aryl methyl sites for hydroxylation is 1. The second-order valence-electron chi connectivity index (χ2n) is 3.86. The van der Waals surface area contributed by atoms with Gasteiger partial charge in [0.25, 0.3) is 0 Å². The molecule has 17 heavy (non-hydrogen) atoms. The van der Waals surface area contributed by atoms with Crippen LogP contribution in [0.2, 0.25) is 0 Å². The van der Waals surface area contributed by atoms with Crippen molar-refractivity contribution < 1.29 is 9.53 Å². The van der Waals surface area contributed by atoms with E-state index in [0.717, 1.165) is 17.7 Å². The van der Waals surface area contributed by atoms with Crippen molar-refractivity contribution in [1.29, 1.82) is 0 Å². The van der Waals surface area contributed by atoms with E-state index in [1.807, 2.05) is 31.2 Å². The van der Waals surface area contributed by atoms with Crippen LogP contribution in [0.25, 0.3) is 0 Å². The van der Waals surface area contributed by atoms with Crippen molar-refractivity contribution in [2.45, 2.75) is 19.8 Å². The first-order valence-electron chi connectivity index (χ1n) is 5.89. The zero-order valence-electron chi connectivity index (χ0n) is 10.2. The van der Waals surface area contributed by atoms with E-state index in [9.17, 15) is 4.79 Å². The summed E-state index contributed by atoms with van der Waals surface area (Å²) in [5, 5.41) is 2.79. The fraction of sp³-hybridized carbons (Fsp3) is 0.462. The van der Waals surface area contributed by atoms with Gasteiger partial charge in [-0.05, 0) is 25.0 Å². The number of amides is 1. The van der Waals surface area contributed by atoms with Crippen molar-refractivity contribution in [2.75, 3.05) is 19.7 Å². The second kappa shape index (κ2) is 7.68. The lowest BCUT2D eigenvalue weighted by atomic mass is 10.2. The highest BCUT2D eigenvalue weighted by Crippen LogP contribution is 2.15. The van der Waals surface area contributed by atoms with Crippen LogP contribution in [0.3, 0.4) is 0 Å². The molecule has 0 unspecified atom stereocenters. The molecule has 4 nitrogen and oxygen atoms in total. The van der Waals surface area contributed by atoms with Gasteiger partial charge in [-0.3, -0.25) is 4.79 Å². The molecule has 0 bridgehead atoms. The second-order valence-corrected chi connectivity index (χ2v) is 3.86. The predicted molar refractivity (Wildman–Crippen MR) is 68.0 cm³/mol. The van der Waals surface area contributed by atoms with Gasteiger partial charge < -0.3 is 15.8 Å². The Morgan fingerprint density at radius 1 is 1.41 bits per heavy atom. The number of hydrogen-bond donors (Lipinski definition) is 2. The molecule has 1 aromatic rings. The van der Waals surface area contributed by atoms with E-state index in [1.54, 1.807) is 0 Å². The smallest absolute Gasteiger partial charge is 0.221 e. The van der Waals surface area contributed by atoms with Gasteiger partial charge >= 0.3 is 0 Å². The monoisotopic (exact) mass is 236 g/mol. The standard InChI is InChI=1S/C13H20N2O2/c1-11-5-2-3-6-12(11)17-10-4-9-15-13(16)7-8-14/h2-3,5-6H,4,7-10,14H2,1H3,(H,15,16). The molecular formula is C13H20N2O2. The van der Waals surface area contributed by atoms with Crippen LogP contribution >= 0.6 is 0 Å². The summed E-state index contributed by atoms with van der Waals surface area (Å²) in [6.45, 7) is 3.64. The summed E-state index contributed by atoms with van der Waals surface area (Å²) in [5.74, 6) is 0.907. The van der Waals surface area contributed by atoms with Crippen molar-refractivity contribution in [3.8, 4) is 5.75 Å². The number of benzene rings is 1. The fourth-order valence-corrected chi connectivity index (χ4v) is 1.42. The molecule has 0 fully saturated rings. The number of rotatable bonds is 7. The van der Waals surface area contributed by atoms with Gasteiger partial charge in [-0.1, -0.05) is 18.2 Å². The average Bonchev–Trinajstić information content (AvgIpc) is 2.31. The van der Waals surface area contributed by atoms with Crippen molar-refractivity contribution in [1.82, 2.24) is 5.32 Å². The van der Waals surface area contributed by atoms with Crippen molar-refractivity contribution in [2.24, 2.45) is 5.73 Å². The number of para-hydroxylation sites is 1. The molecule has 3 N–H and O–H groups in total. The summed E-state index contributed by atoms with van der Waals surface area (Å²) in [5.41, 5.74) is 6.39. The van der Waals surface area contributed by atoms with Crippen molar-refractivity contribution >= 4 is 5.91 Å². The quantitative estimate of drug-likeness (QED) is 0.700. The SMILES string of the molecule is Cc1ccccc1OCCCNC(=O)CCN. The van der Waals surface area contributed by atoms with Gasteiger partial charge in [0.2, 0.25) is 5.91 Å². The summed E-state index contributed by atoms with van der Waals surface area (Å²) in [7, 11) is 0. The Morgan fingerprint density at radius 2 is 2.18 bits per heavy atom. The van der Waals surface area contributed by atoms with E-state index < -0.39 is 0 Å². The van der Waals surface area contributed by atoms with Gasteiger partial charge in [-0.15, -0.1) is 0 Å². The minimum Gasteiger partial charge on any atom is -0.493 e. The number of carbonyl (C=O) groups excluding carboxylic acids is 1. The molecule has 0 aliphatic rings. The maximum atomic E-state index is 11.1. The summed E-state index contributed by atoms with van der Waals surface area (Å²) in [6.07, 6.45) is 1.18. The first-order chi connectivity index (χ1) is 8.24. The van der Waals surface area contributed by atoms with Gasteiger partial charge in [0.1, 0.15) is 5.75 Å². The molecule has 0 saturated carbocycles. The van der Waals surface area contributed by atoms with Gasteiger partial charge in [-0.25, -0.2) is 0 Å². The Balaban J connectivity index is 2.13. The van der Waals surface area contributed by atoms with Crippen molar-refractivity contribution in [3.05, 3.63) is 29.8 Å². The number of ether oxygens (including phenoxy) is 1. The highest BCUT2D eigenvalue weighted by Gasteiger charge is 1.99. The molecule has 1 amide bonds. The van der Waals surface area contributed by atoms with Gasteiger partial charge in [0.05, 0.1) is 6.61 Å². The number of nitrogens with one attached hydrogen (secondary N) is 1. The summed E-state index contributed by atoms with van der Waals surface area (Å²) >= 11 is 0. The van der Waals surface area contributed by atoms with E-state index in [-0.39, 0.29) is 5.91 Å². The Morgan fingerprint density at radius 3 is 2.88 bits per heavy atom. The van der Waals surface area contributed by atoms with Gasteiger partial charge in [-0.2, -0.15) is 0 Å². The molecular weight excluding hydrogens is 216 g/mol. The first-order valence-corrected chi connectivity index (χ1v) is 5.89. The van der Waals surface area contributed by atoms with Crippen LogP contribution in [-0.2, 0) is 4.79 Å². The van der Waals surface area contributed by atoms with Crippen LogP contribution in [0.5, 0.6) is 5.75 Å². The molecule has 0 spiro atoms. The topological polar surface area (TPSA) is 64.3 Å². The van der Waals surface area contributed by atoms with E-state index in [1.165, 1.54) is 0 Å². The maximum Gasteiger partial charge on any atom is 0.221 e. The molecule has 0 aliphatic carbocycles. The summed E-state index contributed by atoms with van der Waals surface area (Å²) in [4.78, 5) is 11.1. The normalized spacial score (nSPS) is 10.0. The lowest BCUT2D eigenvalue weighted by Crippen LogP contribution is -2.27. The Labute approximate surface area is 102 Å². The first kappa shape index (κ1) is 13.5. The lowest BCUT2D eigenvalue weighted by Gasteiger charge is -2.09. The van der Waals surface area contributed by atoms with E-state index in [2.05, 4.69) is 5.32 Å². The average molecular weight is 236 g/mol. The molecule has 0 aromatic heterocycles. The van der Waals surface area contributed by atoms with Gasteiger partial charge in [0, 0.05) is 19.5 Å². The van der Waals surface area contributed by atoms with Crippen LogP contribution in [0, 0.1) is 6.92 Å². The molecule has 0 saturated heterocycles. The third-order valence-corrected chi connectivity index (χ3v) is 2.37. The van der Waals surface area contributed by atoms with Crippen LogP contribution < -0.4 is 15.8 Å². The fourth-order valence-electron chi connectivity index (χ4n) is 1.42. The Bertz CT molecular complexity index is 353. The van der Waals surface area contributed by atoms with E-state index in [0.29, 0.717) is 26.1 Å². The molecule has 1 aromatic carbocycles. The Hall–Kier alpha value is -1.55. The third kappa shape index (κ3) is 5.36. The van der Waals surface area contributed by atoms with E-state index >= 15 is 0 Å². The number of nitrogens with two attached hydrogens (primary N) is 1. The molecule has 0 heterocycles. The molecule has 4 heteroatoms. The molecule has 0 aliphatic heterocycles. The number of hydrogen-bond acceptors (Lipinski definition) is 3. The maximum absolute atomic E-state index is 11.1. The van der Waals surface area contributed by atoms with E-state index in [4.69, 9.17) is 10.5 Å². The van der Waals surface area contributed by atoms with Crippen LogP contribution in [0.4, 0.5) is 0 Å². The minimum absolute atomic E-state index is 0.00314. The highest BCUT2D eigenvalue weighted by atomic mass is 16.5. The zero-order valence-corrected chi connectivity index (χ0v) is 10.2. The Kier molecular flexibility index (Phi) is 6.10. The predicted octanol–water partition coefficient (Wildman–Crippen LogP) is 1.23. The highest BCUT2D eigenvalue weighted by molar-refractivity contribution is 5.75. The lowest BCUT2D eigenvalue weighted by molar-refractivity contribution is -0.120. The number of carbonyl (C=O) groups is 1. The largest absolute Gasteiger partial charge is 0.493 e. The molecule has 1 rings (SSSR count). The van der Waals surface area contributed by atoms with Gasteiger partial charge in [0.15, 0.2) is 0 Å². The zero-order chi connectivity index (χ0) is 12.5. The molecule has 0 atom stereocenters. The third-order valence-electron chi connectivity index (χ3n) is 2.37. The van der Waals surface area contributed by atoms with Crippen molar-refractivity contribution in [3.63, 3.8) is 0 Å². The minimum atomic E-state index is 0.00314. The summed E-state index contributed by atoms with van der Waals surface area (Å²) < 4.78 is 5.60. The molecule has 94 valence electrons. The summed E-state index contributed by atoms with van der Waals surface area (Å²) in [6, 6.07) is 7.89. The van der Waals surface area contributed by atoms with Crippen LogP contribution in [0.15, 0.2) is 24.3 Å². The van der Waals surface area contributed by atoms with Crippen LogP contribution in [0.1, 0.15) is 18.4 Å². The van der Waals surface area contributed by atoms with Crippen LogP contribution in [-0.4, -0.2) is 25.6 Å². The molecule has 0 radical (unpaired) electrons.